The molecule has 0 radical (unpaired) electrons. The highest BCUT2D eigenvalue weighted by molar-refractivity contribution is 6.08. The number of pyridine rings is 1. The average Bonchev–Trinajstić information content (AvgIpc) is 3.35. The van der Waals surface area contributed by atoms with Crippen molar-refractivity contribution in [3.63, 3.8) is 0 Å². The molecule has 0 fully saturated rings. The molecule has 2 heterocycles. The summed E-state index contributed by atoms with van der Waals surface area (Å²) < 4.78 is 22.3. The molecule has 0 aliphatic rings. The molecule has 0 bridgehead atoms. The number of amides is 1. The van der Waals surface area contributed by atoms with Crippen molar-refractivity contribution in [2.75, 3.05) is 26.6 Å². The molecule has 0 unspecified atom stereocenters. The molecule has 0 atom stereocenters. The maximum absolute atomic E-state index is 13.0. The predicted molar refractivity (Wildman–Crippen MR) is 145 cm³/mol. The first-order valence-corrected chi connectivity index (χ1v) is 11.7. The van der Waals surface area contributed by atoms with Gasteiger partial charge in [-0.25, -0.2) is 0 Å². The van der Waals surface area contributed by atoms with E-state index in [0.29, 0.717) is 28.5 Å². The van der Waals surface area contributed by atoms with Crippen molar-refractivity contribution in [2.45, 2.75) is 6.92 Å². The zero-order chi connectivity index (χ0) is 25.9. The fourth-order valence-corrected chi connectivity index (χ4v) is 4.41. The van der Waals surface area contributed by atoms with Gasteiger partial charge in [0.2, 0.25) is 5.91 Å². The summed E-state index contributed by atoms with van der Waals surface area (Å²) in [6, 6.07) is 19.0. The minimum Gasteiger partial charge on any atom is -0.496 e. The summed E-state index contributed by atoms with van der Waals surface area (Å²) in [5.41, 5.74) is 5.38. The zero-order valence-electron chi connectivity index (χ0n) is 21.0. The van der Waals surface area contributed by atoms with Crippen LogP contribution in [0.4, 0.5) is 5.69 Å². The molecule has 2 aromatic heterocycles. The third-order valence-corrected chi connectivity index (χ3v) is 6.25. The van der Waals surface area contributed by atoms with E-state index in [4.69, 9.17) is 18.6 Å². The molecule has 1 N–H and O–H groups in total. The van der Waals surface area contributed by atoms with Crippen LogP contribution in [0.1, 0.15) is 12.5 Å². The maximum Gasteiger partial charge on any atom is 0.248 e. The van der Waals surface area contributed by atoms with E-state index in [0.717, 1.165) is 38.6 Å². The van der Waals surface area contributed by atoms with Gasteiger partial charge in [0.05, 0.1) is 38.8 Å². The molecular formula is C30H26N2O5. The standard InChI is InChI=1S/C30H26N2O5/c1-18(13-29(33)32-24-9-5-7-19-8-6-12-31-30(19)24)21-15-22-23(17-37-27(22)16-26(21)35-3)20-10-11-25(34-2)28(14-20)36-4/h5-17H,1-4H3,(H,32,33)/b18-13+. The van der Waals surface area contributed by atoms with Gasteiger partial charge in [0.15, 0.2) is 11.5 Å². The van der Waals surface area contributed by atoms with Gasteiger partial charge in [-0.05, 0) is 48.4 Å². The molecule has 0 spiro atoms. The smallest absolute Gasteiger partial charge is 0.248 e. The molecule has 1 amide bonds. The zero-order valence-corrected chi connectivity index (χ0v) is 21.0. The average molecular weight is 495 g/mol. The van der Waals surface area contributed by atoms with Gasteiger partial charge in [-0.15, -0.1) is 0 Å². The third-order valence-electron chi connectivity index (χ3n) is 6.25. The summed E-state index contributed by atoms with van der Waals surface area (Å²) >= 11 is 0. The second kappa shape index (κ2) is 10.1. The number of methoxy groups -OCH3 is 3. The highest BCUT2D eigenvalue weighted by Gasteiger charge is 2.16. The predicted octanol–water partition coefficient (Wildman–Crippen LogP) is 6.72. The van der Waals surface area contributed by atoms with Crippen LogP contribution < -0.4 is 19.5 Å². The van der Waals surface area contributed by atoms with Crippen LogP contribution >= 0.6 is 0 Å². The Morgan fingerprint density at radius 1 is 0.919 bits per heavy atom. The first-order valence-electron chi connectivity index (χ1n) is 11.7. The number of allylic oxidation sites excluding steroid dienone is 1. The first kappa shape index (κ1) is 23.9. The van der Waals surface area contributed by atoms with Crippen LogP contribution in [0.2, 0.25) is 0 Å². The van der Waals surface area contributed by atoms with E-state index < -0.39 is 0 Å². The molecular weight excluding hydrogens is 468 g/mol. The molecule has 5 rings (SSSR count). The molecule has 0 aliphatic carbocycles. The van der Waals surface area contributed by atoms with E-state index in [1.165, 1.54) is 0 Å². The molecule has 5 aromatic rings. The quantitative estimate of drug-likeness (QED) is 0.253. The van der Waals surface area contributed by atoms with Gasteiger partial charge in [0.1, 0.15) is 11.3 Å². The topological polar surface area (TPSA) is 82.8 Å². The van der Waals surface area contributed by atoms with Crippen LogP contribution in [0.25, 0.3) is 38.6 Å². The molecule has 0 saturated carbocycles. The van der Waals surface area contributed by atoms with Crippen molar-refractivity contribution in [1.82, 2.24) is 4.98 Å². The van der Waals surface area contributed by atoms with Crippen LogP contribution in [-0.4, -0.2) is 32.2 Å². The number of carbonyl (C=O) groups is 1. The fourth-order valence-electron chi connectivity index (χ4n) is 4.41. The van der Waals surface area contributed by atoms with E-state index in [1.807, 2.05) is 67.6 Å². The maximum atomic E-state index is 13.0. The summed E-state index contributed by atoms with van der Waals surface area (Å²) in [5, 5.41) is 4.79. The summed E-state index contributed by atoms with van der Waals surface area (Å²) in [4.78, 5) is 17.4. The number of nitrogens with zero attached hydrogens (tertiary/aromatic N) is 1. The second-order valence-electron chi connectivity index (χ2n) is 8.47. The number of hydrogen-bond acceptors (Lipinski definition) is 6. The van der Waals surface area contributed by atoms with E-state index in [-0.39, 0.29) is 5.91 Å². The monoisotopic (exact) mass is 494 g/mol. The molecule has 7 heteroatoms. The second-order valence-corrected chi connectivity index (χ2v) is 8.47. The lowest BCUT2D eigenvalue weighted by Crippen LogP contribution is -2.09. The normalized spacial score (nSPS) is 11.5. The molecule has 0 aliphatic heterocycles. The Morgan fingerprint density at radius 2 is 1.70 bits per heavy atom. The fraction of sp³-hybridized carbons (Fsp3) is 0.133. The van der Waals surface area contributed by atoms with Gasteiger partial charge in [0.25, 0.3) is 0 Å². The first-order chi connectivity index (χ1) is 18.0. The SMILES string of the molecule is COc1ccc(-c2coc3cc(OC)c(/C(C)=C/C(=O)Nc4cccc5cccnc45)cc23)cc1OC. The third kappa shape index (κ3) is 4.59. The number of furan rings is 1. The molecule has 186 valence electrons. The van der Waals surface area contributed by atoms with E-state index in [2.05, 4.69) is 10.3 Å². The highest BCUT2D eigenvalue weighted by Crippen LogP contribution is 2.40. The molecule has 0 saturated heterocycles. The Bertz CT molecular complexity index is 1650. The summed E-state index contributed by atoms with van der Waals surface area (Å²) in [7, 11) is 4.80. The van der Waals surface area contributed by atoms with Crippen LogP contribution in [-0.2, 0) is 4.79 Å². The Labute approximate surface area is 214 Å². The minimum atomic E-state index is -0.259. The van der Waals surface area contributed by atoms with Gasteiger partial charge in [0, 0.05) is 40.2 Å². The summed E-state index contributed by atoms with van der Waals surface area (Å²) in [6.45, 7) is 1.88. The van der Waals surface area contributed by atoms with Crippen LogP contribution in [0.5, 0.6) is 17.2 Å². The van der Waals surface area contributed by atoms with Crippen molar-refractivity contribution in [2.24, 2.45) is 0 Å². The lowest BCUT2D eigenvalue weighted by molar-refractivity contribution is -0.111. The largest absolute Gasteiger partial charge is 0.496 e. The highest BCUT2D eigenvalue weighted by atomic mass is 16.5. The number of fused-ring (bicyclic) bond motifs is 2. The van der Waals surface area contributed by atoms with Gasteiger partial charge in [-0.3, -0.25) is 9.78 Å². The Hall–Kier alpha value is -4.78. The minimum absolute atomic E-state index is 0.259. The lowest BCUT2D eigenvalue weighted by Gasteiger charge is -2.11. The van der Waals surface area contributed by atoms with E-state index in [1.54, 1.807) is 39.9 Å². The molecule has 3 aromatic carbocycles. The number of benzene rings is 3. The van der Waals surface area contributed by atoms with Crippen LogP contribution in [0.3, 0.4) is 0 Å². The summed E-state index contributed by atoms with van der Waals surface area (Å²) in [5.74, 6) is 1.62. The Morgan fingerprint density at radius 3 is 2.49 bits per heavy atom. The number of carbonyl (C=O) groups excluding carboxylic acids is 1. The van der Waals surface area contributed by atoms with E-state index >= 15 is 0 Å². The van der Waals surface area contributed by atoms with Crippen LogP contribution in [0.15, 0.2) is 83.6 Å². The van der Waals surface area contributed by atoms with Crippen molar-refractivity contribution in [3.05, 3.63) is 84.8 Å². The van der Waals surface area contributed by atoms with Crippen molar-refractivity contribution < 1.29 is 23.4 Å². The Kier molecular flexibility index (Phi) is 6.51. The van der Waals surface area contributed by atoms with Crippen molar-refractivity contribution in [3.8, 4) is 28.4 Å². The summed E-state index contributed by atoms with van der Waals surface area (Å²) in [6.07, 6.45) is 4.97. The van der Waals surface area contributed by atoms with E-state index in [9.17, 15) is 4.79 Å². The van der Waals surface area contributed by atoms with Crippen LogP contribution in [0, 0.1) is 0 Å². The number of rotatable bonds is 7. The number of ether oxygens (including phenoxy) is 3. The molecule has 7 nitrogen and oxygen atoms in total. The van der Waals surface area contributed by atoms with Gasteiger partial charge >= 0.3 is 0 Å². The van der Waals surface area contributed by atoms with Gasteiger partial charge < -0.3 is 23.9 Å². The van der Waals surface area contributed by atoms with Crippen molar-refractivity contribution in [1.29, 1.82) is 0 Å². The molecule has 37 heavy (non-hydrogen) atoms. The van der Waals surface area contributed by atoms with Gasteiger partial charge in [-0.2, -0.15) is 0 Å². The number of anilines is 1. The lowest BCUT2D eigenvalue weighted by atomic mass is 9.99. The number of aromatic nitrogens is 1. The number of nitrogens with one attached hydrogen (secondary N) is 1. The number of para-hydroxylation sites is 1. The van der Waals surface area contributed by atoms with Crippen molar-refractivity contribution >= 4 is 39.0 Å². The Balaban J connectivity index is 1.51. The van der Waals surface area contributed by atoms with Gasteiger partial charge in [-0.1, -0.05) is 24.3 Å². The number of hydrogen-bond donors (Lipinski definition) is 1.